The third kappa shape index (κ3) is 1.90. The molecule has 0 aliphatic carbocycles. The normalized spacial score (nSPS) is 10.1. The highest BCUT2D eigenvalue weighted by atomic mass is 15.0. The number of aryl methyl sites for hydroxylation is 1. The second-order valence-electron chi connectivity index (χ2n) is 3.09. The maximum absolute atomic E-state index is 4.04. The van der Waals surface area contributed by atoms with E-state index < -0.39 is 0 Å². The molecule has 0 bridgehead atoms. The average molecular weight is 188 g/mol. The lowest BCUT2D eigenvalue weighted by Crippen LogP contribution is -2.03. The first-order valence-corrected chi connectivity index (χ1v) is 4.45. The van der Waals surface area contributed by atoms with Gasteiger partial charge in [0.1, 0.15) is 0 Å². The van der Waals surface area contributed by atoms with Crippen molar-refractivity contribution in [3.05, 3.63) is 42.7 Å². The summed E-state index contributed by atoms with van der Waals surface area (Å²) in [5.41, 5.74) is 2.17. The van der Waals surface area contributed by atoms with Gasteiger partial charge in [-0.25, -0.2) is 4.98 Å². The summed E-state index contributed by atoms with van der Waals surface area (Å²) in [5, 5.41) is 3.26. The molecule has 4 nitrogen and oxygen atoms in total. The van der Waals surface area contributed by atoms with Gasteiger partial charge in [0.15, 0.2) is 0 Å². The minimum Gasteiger partial charge on any atom is -0.378 e. The highest BCUT2D eigenvalue weighted by molar-refractivity contribution is 5.39. The van der Waals surface area contributed by atoms with Gasteiger partial charge in [0.05, 0.1) is 24.3 Å². The highest BCUT2D eigenvalue weighted by Gasteiger charge is 1.97. The Bertz CT molecular complexity index is 394. The Hall–Kier alpha value is -1.84. The van der Waals surface area contributed by atoms with Crippen molar-refractivity contribution in [3.8, 4) is 0 Å². The van der Waals surface area contributed by atoms with E-state index in [1.807, 2.05) is 29.9 Å². The van der Waals surface area contributed by atoms with Gasteiger partial charge in [-0.1, -0.05) is 0 Å². The molecular weight excluding hydrogens is 176 g/mol. The van der Waals surface area contributed by atoms with Crippen LogP contribution >= 0.6 is 0 Å². The summed E-state index contributed by atoms with van der Waals surface area (Å²) >= 11 is 0. The summed E-state index contributed by atoms with van der Waals surface area (Å²) in [6, 6.07) is 3.90. The van der Waals surface area contributed by atoms with Crippen molar-refractivity contribution >= 4 is 5.69 Å². The third-order valence-corrected chi connectivity index (χ3v) is 2.05. The van der Waals surface area contributed by atoms with Crippen LogP contribution in [-0.4, -0.2) is 14.5 Å². The van der Waals surface area contributed by atoms with Gasteiger partial charge < -0.3 is 9.88 Å². The predicted molar refractivity (Wildman–Crippen MR) is 54.8 cm³/mol. The largest absolute Gasteiger partial charge is 0.378 e. The molecule has 14 heavy (non-hydrogen) atoms. The molecule has 4 heteroatoms. The first kappa shape index (κ1) is 8.74. The van der Waals surface area contributed by atoms with Crippen molar-refractivity contribution in [1.82, 2.24) is 14.5 Å². The molecule has 0 saturated heterocycles. The van der Waals surface area contributed by atoms with Crippen LogP contribution in [0.1, 0.15) is 5.69 Å². The molecule has 0 aromatic carbocycles. The third-order valence-electron chi connectivity index (χ3n) is 2.05. The van der Waals surface area contributed by atoms with E-state index in [2.05, 4.69) is 15.3 Å². The molecule has 72 valence electrons. The topological polar surface area (TPSA) is 42.7 Å². The Morgan fingerprint density at radius 1 is 1.36 bits per heavy atom. The molecule has 0 aliphatic rings. The van der Waals surface area contributed by atoms with E-state index in [9.17, 15) is 0 Å². The lowest BCUT2D eigenvalue weighted by molar-refractivity contribution is 0.837. The van der Waals surface area contributed by atoms with Crippen molar-refractivity contribution in [2.45, 2.75) is 6.54 Å². The van der Waals surface area contributed by atoms with Gasteiger partial charge in [0.2, 0.25) is 0 Å². The van der Waals surface area contributed by atoms with Crippen molar-refractivity contribution in [2.24, 2.45) is 7.05 Å². The number of anilines is 1. The van der Waals surface area contributed by atoms with Gasteiger partial charge in [-0.3, -0.25) is 4.98 Å². The molecule has 2 heterocycles. The van der Waals surface area contributed by atoms with Crippen molar-refractivity contribution < 1.29 is 0 Å². The van der Waals surface area contributed by atoms with Gasteiger partial charge in [-0.05, 0) is 12.1 Å². The number of nitrogens with zero attached hydrogens (tertiary/aromatic N) is 3. The zero-order chi connectivity index (χ0) is 9.80. The van der Waals surface area contributed by atoms with Crippen LogP contribution in [0, 0.1) is 0 Å². The smallest absolute Gasteiger partial charge is 0.0946 e. The average Bonchev–Trinajstić information content (AvgIpc) is 2.63. The summed E-state index contributed by atoms with van der Waals surface area (Å²) in [7, 11) is 1.98. The number of hydrogen-bond acceptors (Lipinski definition) is 3. The van der Waals surface area contributed by atoms with E-state index >= 15 is 0 Å². The zero-order valence-corrected chi connectivity index (χ0v) is 8.01. The second kappa shape index (κ2) is 3.91. The molecule has 1 N–H and O–H groups in total. The maximum Gasteiger partial charge on any atom is 0.0946 e. The van der Waals surface area contributed by atoms with E-state index in [0.717, 1.165) is 17.9 Å². The van der Waals surface area contributed by atoms with Crippen LogP contribution in [0.5, 0.6) is 0 Å². The standard InChI is InChI=1S/C10H12N4/c1-14-8-12-6-10(14)7-13-9-3-2-4-11-5-9/h2-6,8,13H,7H2,1H3. The Labute approximate surface area is 82.6 Å². The van der Waals surface area contributed by atoms with Crippen LogP contribution in [0.2, 0.25) is 0 Å². The Balaban J connectivity index is 1.99. The number of nitrogens with one attached hydrogen (secondary N) is 1. The molecule has 2 aromatic rings. The molecule has 0 radical (unpaired) electrons. The van der Waals surface area contributed by atoms with Crippen molar-refractivity contribution in [2.75, 3.05) is 5.32 Å². The zero-order valence-electron chi connectivity index (χ0n) is 8.01. The van der Waals surface area contributed by atoms with Gasteiger partial charge in [0.25, 0.3) is 0 Å². The molecule has 0 aliphatic heterocycles. The molecule has 0 atom stereocenters. The quantitative estimate of drug-likeness (QED) is 0.792. The van der Waals surface area contributed by atoms with Gasteiger partial charge in [-0.15, -0.1) is 0 Å². The van der Waals surface area contributed by atoms with Gasteiger partial charge in [-0.2, -0.15) is 0 Å². The minimum atomic E-state index is 0.766. The fourth-order valence-corrected chi connectivity index (χ4v) is 1.21. The van der Waals surface area contributed by atoms with E-state index in [1.54, 1.807) is 18.7 Å². The highest BCUT2D eigenvalue weighted by Crippen LogP contribution is 2.05. The number of imidazole rings is 1. The van der Waals surface area contributed by atoms with Gasteiger partial charge >= 0.3 is 0 Å². The SMILES string of the molecule is Cn1cncc1CNc1cccnc1. The lowest BCUT2D eigenvalue weighted by Gasteiger charge is -2.05. The van der Waals surface area contributed by atoms with Crippen LogP contribution in [0.4, 0.5) is 5.69 Å². The molecule has 0 amide bonds. The van der Waals surface area contributed by atoms with Crippen LogP contribution in [0.25, 0.3) is 0 Å². The van der Waals surface area contributed by atoms with E-state index in [1.165, 1.54) is 0 Å². The molecule has 0 saturated carbocycles. The van der Waals surface area contributed by atoms with Crippen LogP contribution in [0.15, 0.2) is 37.1 Å². The molecule has 0 unspecified atom stereocenters. The van der Waals surface area contributed by atoms with Gasteiger partial charge in [0, 0.05) is 25.6 Å². The first-order chi connectivity index (χ1) is 6.86. The van der Waals surface area contributed by atoms with Crippen LogP contribution < -0.4 is 5.32 Å². The summed E-state index contributed by atoms with van der Waals surface area (Å²) in [4.78, 5) is 8.06. The molecule has 0 fully saturated rings. The summed E-state index contributed by atoms with van der Waals surface area (Å²) < 4.78 is 1.99. The fourth-order valence-electron chi connectivity index (χ4n) is 1.21. The summed E-state index contributed by atoms with van der Waals surface area (Å²) in [6.07, 6.45) is 7.20. The predicted octanol–water partition coefficient (Wildman–Crippen LogP) is 1.43. The molecular formula is C10H12N4. The number of hydrogen-bond donors (Lipinski definition) is 1. The van der Waals surface area contributed by atoms with Crippen LogP contribution in [0.3, 0.4) is 0 Å². The van der Waals surface area contributed by atoms with Crippen molar-refractivity contribution in [1.29, 1.82) is 0 Å². The maximum atomic E-state index is 4.04. The second-order valence-corrected chi connectivity index (χ2v) is 3.09. The fraction of sp³-hybridized carbons (Fsp3) is 0.200. The number of aromatic nitrogens is 3. The van der Waals surface area contributed by atoms with Crippen LogP contribution in [-0.2, 0) is 13.6 Å². The first-order valence-electron chi connectivity index (χ1n) is 4.45. The van der Waals surface area contributed by atoms with E-state index in [4.69, 9.17) is 0 Å². The lowest BCUT2D eigenvalue weighted by atomic mass is 10.4. The van der Waals surface area contributed by atoms with E-state index in [0.29, 0.717) is 0 Å². The number of rotatable bonds is 3. The summed E-state index contributed by atoms with van der Waals surface area (Å²) in [5.74, 6) is 0. The molecule has 0 spiro atoms. The molecule has 2 aromatic heterocycles. The Morgan fingerprint density at radius 3 is 2.93 bits per heavy atom. The molecule has 2 rings (SSSR count). The van der Waals surface area contributed by atoms with E-state index in [-0.39, 0.29) is 0 Å². The summed E-state index contributed by atoms with van der Waals surface area (Å²) in [6.45, 7) is 0.766. The minimum absolute atomic E-state index is 0.766. The monoisotopic (exact) mass is 188 g/mol. The Morgan fingerprint density at radius 2 is 2.29 bits per heavy atom. The van der Waals surface area contributed by atoms with Crippen molar-refractivity contribution in [3.63, 3.8) is 0 Å². The number of pyridine rings is 1. The Kier molecular flexibility index (Phi) is 2.44.